The van der Waals surface area contributed by atoms with Crippen LogP contribution in [-0.2, 0) is 6.42 Å². The maximum atomic E-state index is 6.41. The summed E-state index contributed by atoms with van der Waals surface area (Å²) in [5.41, 5.74) is 7.93. The molecule has 4 heteroatoms. The highest BCUT2D eigenvalue weighted by Crippen LogP contribution is 2.29. The lowest BCUT2D eigenvalue weighted by Gasteiger charge is -2.36. The Morgan fingerprint density at radius 2 is 2.05 bits per heavy atom. The minimum absolute atomic E-state index is 0.592. The highest BCUT2D eigenvalue weighted by Gasteiger charge is 2.22. The molecule has 0 aliphatic carbocycles. The predicted octanol–water partition coefficient (Wildman–Crippen LogP) is 2.37. The third-order valence-corrected chi connectivity index (χ3v) is 4.36. The van der Waals surface area contributed by atoms with E-state index < -0.39 is 0 Å². The number of halogens is 1. The standard InChI is InChI=1S/C15H24ClN3/c1-18-9-6-13(7-10-18)19(2)15-4-3-12(5-8-17)11-14(15)16/h3-4,11,13H,5-10,17H2,1-2H3. The molecule has 2 N–H and O–H groups in total. The molecule has 1 aromatic rings. The van der Waals surface area contributed by atoms with Crippen molar-refractivity contribution in [1.82, 2.24) is 4.90 Å². The fourth-order valence-corrected chi connectivity index (χ4v) is 3.07. The van der Waals surface area contributed by atoms with E-state index >= 15 is 0 Å². The van der Waals surface area contributed by atoms with Gasteiger partial charge in [0.05, 0.1) is 10.7 Å². The van der Waals surface area contributed by atoms with Crippen LogP contribution in [-0.4, -0.2) is 44.7 Å². The summed E-state index contributed by atoms with van der Waals surface area (Å²) in [7, 11) is 4.34. The first kappa shape index (κ1) is 14.6. The first-order valence-electron chi connectivity index (χ1n) is 7.01. The van der Waals surface area contributed by atoms with E-state index in [1.807, 2.05) is 0 Å². The minimum atomic E-state index is 0.592. The van der Waals surface area contributed by atoms with Crippen molar-refractivity contribution in [1.29, 1.82) is 0 Å². The zero-order valence-corrected chi connectivity index (χ0v) is 12.7. The van der Waals surface area contributed by atoms with Crippen LogP contribution in [0.3, 0.4) is 0 Å². The van der Waals surface area contributed by atoms with Gasteiger partial charge in [-0.25, -0.2) is 0 Å². The fourth-order valence-electron chi connectivity index (χ4n) is 2.74. The summed E-state index contributed by atoms with van der Waals surface area (Å²) in [6, 6.07) is 6.91. The molecule has 0 unspecified atom stereocenters. The molecule has 1 aliphatic heterocycles. The number of nitrogens with two attached hydrogens (primary N) is 1. The molecule has 19 heavy (non-hydrogen) atoms. The molecule has 2 rings (SSSR count). The summed E-state index contributed by atoms with van der Waals surface area (Å²) in [6.07, 6.45) is 3.29. The third kappa shape index (κ3) is 3.62. The number of anilines is 1. The van der Waals surface area contributed by atoms with Crippen molar-refractivity contribution in [2.75, 3.05) is 38.6 Å². The summed E-state index contributed by atoms with van der Waals surface area (Å²) in [6.45, 7) is 3.00. The number of benzene rings is 1. The number of hydrogen-bond donors (Lipinski definition) is 1. The number of rotatable bonds is 4. The fraction of sp³-hybridized carbons (Fsp3) is 0.600. The molecule has 0 radical (unpaired) electrons. The zero-order valence-electron chi connectivity index (χ0n) is 11.9. The molecule has 3 nitrogen and oxygen atoms in total. The van der Waals surface area contributed by atoms with Crippen LogP contribution >= 0.6 is 11.6 Å². The van der Waals surface area contributed by atoms with Gasteiger partial charge in [0.25, 0.3) is 0 Å². The van der Waals surface area contributed by atoms with Crippen molar-refractivity contribution in [3.63, 3.8) is 0 Å². The van der Waals surface area contributed by atoms with E-state index in [9.17, 15) is 0 Å². The first-order chi connectivity index (χ1) is 9.11. The van der Waals surface area contributed by atoms with Crippen molar-refractivity contribution >= 4 is 17.3 Å². The summed E-state index contributed by atoms with van der Waals surface area (Å²) in [5.74, 6) is 0. The molecule has 0 saturated carbocycles. The number of piperidine rings is 1. The van der Waals surface area contributed by atoms with Crippen LogP contribution in [0.5, 0.6) is 0 Å². The second kappa shape index (κ2) is 6.60. The Morgan fingerprint density at radius 3 is 2.63 bits per heavy atom. The first-order valence-corrected chi connectivity index (χ1v) is 7.39. The van der Waals surface area contributed by atoms with Gasteiger partial charge < -0.3 is 15.5 Å². The maximum Gasteiger partial charge on any atom is 0.0642 e. The van der Waals surface area contributed by atoms with Gasteiger partial charge in [0, 0.05) is 13.1 Å². The van der Waals surface area contributed by atoms with Crippen LogP contribution in [0.1, 0.15) is 18.4 Å². The molecule has 1 fully saturated rings. The monoisotopic (exact) mass is 281 g/mol. The molecule has 0 spiro atoms. The molecule has 106 valence electrons. The molecule has 0 aromatic heterocycles. The van der Waals surface area contributed by atoms with Crippen LogP contribution in [0.25, 0.3) is 0 Å². The molecular formula is C15H24ClN3. The summed E-state index contributed by atoms with van der Waals surface area (Å²) in [4.78, 5) is 4.72. The van der Waals surface area contributed by atoms with Crippen molar-refractivity contribution in [3.8, 4) is 0 Å². The van der Waals surface area contributed by atoms with Gasteiger partial charge in [0.1, 0.15) is 0 Å². The second-order valence-electron chi connectivity index (χ2n) is 5.47. The molecule has 1 aliphatic rings. The quantitative estimate of drug-likeness (QED) is 0.920. The van der Waals surface area contributed by atoms with E-state index in [0.29, 0.717) is 12.6 Å². The molecule has 1 aromatic carbocycles. The summed E-state index contributed by atoms with van der Waals surface area (Å²) < 4.78 is 0. The Morgan fingerprint density at radius 1 is 1.37 bits per heavy atom. The molecule has 1 heterocycles. The van der Waals surface area contributed by atoms with Gasteiger partial charge in [0.2, 0.25) is 0 Å². The Kier molecular flexibility index (Phi) is 5.08. The lowest BCUT2D eigenvalue weighted by atomic mass is 10.0. The van der Waals surface area contributed by atoms with Crippen molar-refractivity contribution in [3.05, 3.63) is 28.8 Å². The van der Waals surface area contributed by atoms with Crippen molar-refractivity contribution in [2.45, 2.75) is 25.3 Å². The average Bonchev–Trinajstić information content (AvgIpc) is 2.39. The molecular weight excluding hydrogens is 258 g/mol. The van der Waals surface area contributed by atoms with E-state index in [2.05, 4.69) is 42.1 Å². The normalized spacial score (nSPS) is 17.7. The topological polar surface area (TPSA) is 32.5 Å². The highest BCUT2D eigenvalue weighted by atomic mass is 35.5. The van der Waals surface area contributed by atoms with Gasteiger partial charge in [-0.05, 0) is 63.6 Å². The van der Waals surface area contributed by atoms with Gasteiger partial charge >= 0.3 is 0 Å². The van der Waals surface area contributed by atoms with Crippen molar-refractivity contribution in [2.24, 2.45) is 5.73 Å². The second-order valence-corrected chi connectivity index (χ2v) is 5.88. The van der Waals surface area contributed by atoms with Gasteiger partial charge in [-0.2, -0.15) is 0 Å². The van der Waals surface area contributed by atoms with Crippen molar-refractivity contribution < 1.29 is 0 Å². The summed E-state index contributed by atoms with van der Waals surface area (Å²) >= 11 is 6.41. The highest BCUT2D eigenvalue weighted by molar-refractivity contribution is 6.33. The SMILES string of the molecule is CN1CCC(N(C)c2ccc(CCN)cc2Cl)CC1. The maximum absolute atomic E-state index is 6.41. The molecule has 0 bridgehead atoms. The smallest absolute Gasteiger partial charge is 0.0642 e. The van der Waals surface area contributed by atoms with Gasteiger partial charge in [0.15, 0.2) is 0 Å². The largest absolute Gasteiger partial charge is 0.370 e. The van der Waals surface area contributed by atoms with E-state index in [-0.39, 0.29) is 0 Å². The van der Waals surface area contributed by atoms with Crippen LogP contribution in [0.2, 0.25) is 5.02 Å². The minimum Gasteiger partial charge on any atom is -0.370 e. The van der Waals surface area contributed by atoms with E-state index in [4.69, 9.17) is 17.3 Å². The van der Waals surface area contributed by atoms with Crippen LogP contribution in [0.15, 0.2) is 18.2 Å². The molecule has 0 amide bonds. The van der Waals surface area contributed by atoms with Gasteiger partial charge in [-0.3, -0.25) is 0 Å². The zero-order chi connectivity index (χ0) is 13.8. The van der Waals surface area contributed by atoms with E-state index in [1.54, 1.807) is 0 Å². The average molecular weight is 282 g/mol. The van der Waals surface area contributed by atoms with E-state index in [1.165, 1.54) is 18.4 Å². The Bertz CT molecular complexity index is 414. The Hall–Kier alpha value is -0.770. The number of nitrogens with zero attached hydrogens (tertiary/aromatic N) is 2. The molecule has 0 atom stereocenters. The molecule has 1 saturated heterocycles. The van der Waals surface area contributed by atoms with Gasteiger partial charge in [-0.1, -0.05) is 17.7 Å². The lowest BCUT2D eigenvalue weighted by Crippen LogP contribution is -2.42. The predicted molar refractivity (Wildman–Crippen MR) is 83.1 cm³/mol. The number of likely N-dealkylation sites (tertiary alicyclic amines) is 1. The van der Waals surface area contributed by atoms with Crippen LogP contribution in [0, 0.1) is 0 Å². The Balaban J connectivity index is 2.08. The van der Waals surface area contributed by atoms with Crippen LogP contribution < -0.4 is 10.6 Å². The van der Waals surface area contributed by atoms with Crippen LogP contribution in [0.4, 0.5) is 5.69 Å². The Labute approximate surface area is 121 Å². The number of hydrogen-bond acceptors (Lipinski definition) is 3. The lowest BCUT2D eigenvalue weighted by molar-refractivity contribution is 0.253. The van der Waals surface area contributed by atoms with Gasteiger partial charge in [-0.15, -0.1) is 0 Å². The third-order valence-electron chi connectivity index (χ3n) is 4.06. The summed E-state index contributed by atoms with van der Waals surface area (Å²) in [5, 5.41) is 0.840. The van der Waals surface area contributed by atoms with E-state index in [0.717, 1.165) is 30.2 Å².